The van der Waals surface area contributed by atoms with Crippen molar-refractivity contribution in [1.82, 2.24) is 25.6 Å². The van der Waals surface area contributed by atoms with Crippen LogP contribution in [0.15, 0.2) is 59.8 Å². The monoisotopic (exact) mass is 444 g/mol. The number of methoxy groups -OCH3 is 2. The van der Waals surface area contributed by atoms with Gasteiger partial charge in [-0.1, -0.05) is 24.3 Å². The Morgan fingerprint density at radius 3 is 2.61 bits per heavy atom. The van der Waals surface area contributed by atoms with Gasteiger partial charge in [0.25, 0.3) is 5.56 Å². The van der Waals surface area contributed by atoms with Gasteiger partial charge in [-0.2, -0.15) is 0 Å². The maximum Gasteiger partial charge on any atom is 0.261 e. The second-order valence-corrected chi connectivity index (χ2v) is 8.00. The zero-order valence-electron chi connectivity index (χ0n) is 18.7. The smallest absolute Gasteiger partial charge is 0.261 e. The summed E-state index contributed by atoms with van der Waals surface area (Å²) in [5.41, 5.74) is 4.38. The van der Waals surface area contributed by atoms with E-state index in [1.807, 2.05) is 0 Å². The molecular weight excluding hydrogens is 418 g/mol. The van der Waals surface area contributed by atoms with E-state index in [1.165, 1.54) is 22.0 Å². The topological polar surface area (TPSA) is 103 Å². The molecule has 0 fully saturated rings. The standard InChI is InChI=1S/C25H26N4O3.N/c1-31-23-13-19-22(14-24(23)32-2)27-16-29(25(19)30)12-11-28-9-7-17(8-10-28)20-15-26-21-6-4-3-5-18(20)21;/h3-7,13-16,26H,8-12H2,1-2H3;. The predicted octanol–water partition coefficient (Wildman–Crippen LogP) is 3.20. The fourth-order valence-corrected chi connectivity index (χ4v) is 4.39. The van der Waals surface area contributed by atoms with Crippen LogP contribution in [0.1, 0.15) is 12.0 Å². The van der Waals surface area contributed by atoms with E-state index in [9.17, 15) is 4.79 Å². The van der Waals surface area contributed by atoms with Crippen LogP contribution in [0.25, 0.3) is 27.4 Å². The lowest BCUT2D eigenvalue weighted by atomic mass is 9.99. The zero-order chi connectivity index (χ0) is 22.1. The van der Waals surface area contributed by atoms with Crippen LogP contribution in [-0.4, -0.2) is 53.3 Å². The number of H-pyrrole nitrogens is 1. The average molecular weight is 445 g/mol. The van der Waals surface area contributed by atoms with Crippen LogP contribution >= 0.6 is 0 Å². The average Bonchev–Trinajstić information content (AvgIpc) is 3.27. The summed E-state index contributed by atoms with van der Waals surface area (Å²) < 4.78 is 12.3. The lowest BCUT2D eigenvalue weighted by Crippen LogP contribution is -2.34. The molecule has 169 valence electrons. The summed E-state index contributed by atoms with van der Waals surface area (Å²) >= 11 is 0. The molecular formula is C25H26N5O3. The van der Waals surface area contributed by atoms with Crippen molar-refractivity contribution in [3.63, 3.8) is 0 Å². The molecule has 1 aliphatic heterocycles. The highest BCUT2D eigenvalue weighted by Gasteiger charge is 2.16. The number of para-hydroxylation sites is 1. The quantitative estimate of drug-likeness (QED) is 0.492. The number of hydrogen-bond acceptors (Lipinski definition) is 5. The summed E-state index contributed by atoms with van der Waals surface area (Å²) in [5.74, 6) is 1.10. The minimum atomic E-state index is -0.0667. The fraction of sp³-hybridized carbons (Fsp3) is 0.280. The van der Waals surface area contributed by atoms with Crippen LogP contribution in [0.3, 0.4) is 0 Å². The number of nitrogens with one attached hydrogen (secondary N) is 1. The van der Waals surface area contributed by atoms with Crippen molar-refractivity contribution in [2.24, 2.45) is 0 Å². The van der Waals surface area contributed by atoms with Gasteiger partial charge in [0.05, 0.1) is 31.4 Å². The van der Waals surface area contributed by atoms with Gasteiger partial charge in [0.2, 0.25) is 0 Å². The first-order valence-corrected chi connectivity index (χ1v) is 10.8. The Kier molecular flexibility index (Phi) is 6.48. The third kappa shape index (κ3) is 4.22. The highest BCUT2D eigenvalue weighted by Crippen LogP contribution is 2.30. The highest BCUT2D eigenvalue weighted by atomic mass is 16.5. The molecule has 4 aromatic rings. The van der Waals surface area contributed by atoms with Crippen molar-refractivity contribution in [3.8, 4) is 11.5 Å². The molecule has 0 spiro atoms. The van der Waals surface area contributed by atoms with Gasteiger partial charge in [-0.05, 0) is 24.1 Å². The van der Waals surface area contributed by atoms with Crippen LogP contribution < -0.4 is 21.2 Å². The van der Waals surface area contributed by atoms with Crippen molar-refractivity contribution in [3.05, 3.63) is 70.9 Å². The third-order valence-corrected chi connectivity index (χ3v) is 6.21. The summed E-state index contributed by atoms with van der Waals surface area (Å²) in [5, 5.41) is 1.80. The number of nitrogens with zero attached hydrogens (tertiary/aromatic N) is 4. The van der Waals surface area contributed by atoms with Crippen LogP contribution in [0.4, 0.5) is 0 Å². The molecule has 3 radical (unpaired) electrons. The lowest BCUT2D eigenvalue weighted by molar-refractivity contribution is 0.287. The number of benzene rings is 2. The molecule has 0 aliphatic carbocycles. The first-order chi connectivity index (χ1) is 15.7. The van der Waals surface area contributed by atoms with Crippen LogP contribution in [0.2, 0.25) is 0 Å². The van der Waals surface area contributed by atoms with E-state index in [0.29, 0.717) is 28.9 Å². The first-order valence-electron chi connectivity index (χ1n) is 10.8. The van der Waals surface area contributed by atoms with Gasteiger partial charge in [0.1, 0.15) is 0 Å². The van der Waals surface area contributed by atoms with E-state index in [4.69, 9.17) is 9.47 Å². The summed E-state index contributed by atoms with van der Waals surface area (Å²) in [7, 11) is 3.13. The number of rotatable bonds is 6. The Morgan fingerprint density at radius 1 is 1.06 bits per heavy atom. The second kappa shape index (κ2) is 9.48. The Bertz CT molecular complexity index is 1370. The summed E-state index contributed by atoms with van der Waals surface area (Å²) in [6, 6.07) is 11.8. The van der Waals surface area contributed by atoms with Gasteiger partial charge < -0.3 is 14.5 Å². The minimum Gasteiger partial charge on any atom is -0.493 e. The SMILES string of the molecule is COc1cc2ncn(CCN3CC=C(c4c[nH]c5ccccc45)CC3)c(=O)c2cc1OC.[N]. The molecule has 2 aromatic heterocycles. The maximum absolute atomic E-state index is 13.0. The molecule has 5 rings (SSSR count). The van der Waals surface area contributed by atoms with Crippen LogP contribution in [-0.2, 0) is 6.54 Å². The van der Waals surface area contributed by atoms with Crippen LogP contribution in [0, 0.1) is 0 Å². The summed E-state index contributed by atoms with van der Waals surface area (Å²) in [6.07, 6.45) is 7.02. The molecule has 2 aromatic carbocycles. The van der Waals surface area contributed by atoms with Gasteiger partial charge >= 0.3 is 0 Å². The number of aromatic amines is 1. The van der Waals surface area contributed by atoms with E-state index in [0.717, 1.165) is 26.1 Å². The van der Waals surface area contributed by atoms with Gasteiger partial charge in [-0.25, -0.2) is 4.98 Å². The summed E-state index contributed by atoms with van der Waals surface area (Å²) in [6.45, 7) is 3.21. The summed E-state index contributed by atoms with van der Waals surface area (Å²) in [4.78, 5) is 23.2. The number of hydrogen-bond donors (Lipinski definition) is 1. The van der Waals surface area contributed by atoms with E-state index in [1.54, 1.807) is 37.2 Å². The molecule has 1 aliphatic rings. The van der Waals surface area contributed by atoms with Crippen molar-refractivity contribution >= 4 is 27.4 Å². The largest absolute Gasteiger partial charge is 0.493 e. The van der Waals surface area contributed by atoms with Crippen molar-refractivity contribution in [2.75, 3.05) is 33.9 Å². The number of fused-ring (bicyclic) bond motifs is 2. The van der Waals surface area contributed by atoms with E-state index in [2.05, 4.69) is 51.4 Å². The van der Waals surface area contributed by atoms with E-state index < -0.39 is 0 Å². The fourth-order valence-electron chi connectivity index (χ4n) is 4.39. The molecule has 0 amide bonds. The molecule has 0 atom stereocenters. The van der Waals surface area contributed by atoms with E-state index in [-0.39, 0.29) is 11.7 Å². The minimum absolute atomic E-state index is 0. The Morgan fingerprint density at radius 2 is 1.85 bits per heavy atom. The van der Waals surface area contributed by atoms with Crippen molar-refractivity contribution < 1.29 is 9.47 Å². The third-order valence-electron chi connectivity index (χ3n) is 6.21. The van der Waals surface area contributed by atoms with Gasteiger partial charge in [-0.15, -0.1) is 0 Å². The number of ether oxygens (including phenoxy) is 2. The molecule has 1 N–H and O–H groups in total. The van der Waals surface area contributed by atoms with Gasteiger partial charge in [0.15, 0.2) is 11.5 Å². The van der Waals surface area contributed by atoms with Crippen molar-refractivity contribution in [2.45, 2.75) is 13.0 Å². The molecule has 0 unspecified atom stereocenters. The van der Waals surface area contributed by atoms with Gasteiger partial charge in [-0.3, -0.25) is 14.3 Å². The number of aromatic nitrogens is 3. The maximum atomic E-state index is 13.0. The lowest BCUT2D eigenvalue weighted by Gasteiger charge is -2.26. The molecule has 0 saturated carbocycles. The Balaban J connectivity index is 0.00000259. The molecule has 0 saturated heterocycles. The molecule has 8 heteroatoms. The molecule has 3 heterocycles. The Labute approximate surface area is 192 Å². The predicted molar refractivity (Wildman–Crippen MR) is 129 cm³/mol. The van der Waals surface area contributed by atoms with Crippen LogP contribution in [0.5, 0.6) is 11.5 Å². The second-order valence-electron chi connectivity index (χ2n) is 8.00. The van der Waals surface area contributed by atoms with E-state index >= 15 is 0 Å². The first kappa shape index (κ1) is 22.6. The van der Waals surface area contributed by atoms with Gasteiger partial charge in [0, 0.05) is 61.1 Å². The molecule has 8 nitrogen and oxygen atoms in total. The zero-order valence-corrected chi connectivity index (χ0v) is 18.7. The molecule has 33 heavy (non-hydrogen) atoms. The Hall–Kier alpha value is -3.62. The normalized spacial score (nSPS) is 14.2. The molecule has 0 bridgehead atoms. The highest BCUT2D eigenvalue weighted by molar-refractivity contribution is 5.92. The van der Waals surface area contributed by atoms with Crippen molar-refractivity contribution in [1.29, 1.82) is 0 Å².